The van der Waals surface area contributed by atoms with Gasteiger partial charge in [0.25, 0.3) is 0 Å². The second-order valence-corrected chi connectivity index (χ2v) is 8.27. The number of hydrogen-bond acceptors (Lipinski definition) is 0. The van der Waals surface area contributed by atoms with Gasteiger partial charge in [-0.25, -0.2) is 0 Å². The Bertz CT molecular complexity index is 460. The van der Waals surface area contributed by atoms with Crippen molar-refractivity contribution in [3.8, 4) is 0 Å². The molecular formula is C27H47. The molecule has 0 bridgehead atoms. The van der Waals surface area contributed by atoms with Gasteiger partial charge in [-0.1, -0.05) is 111 Å². The predicted molar refractivity (Wildman–Crippen MR) is 124 cm³/mol. The van der Waals surface area contributed by atoms with Crippen molar-refractivity contribution in [2.24, 2.45) is 0 Å². The topological polar surface area (TPSA) is 0 Å². The molecule has 0 aliphatic carbocycles. The van der Waals surface area contributed by atoms with Crippen molar-refractivity contribution in [1.29, 1.82) is 0 Å². The van der Waals surface area contributed by atoms with Crippen LogP contribution in [0.25, 0.3) is 0 Å². The van der Waals surface area contributed by atoms with E-state index in [0.717, 1.165) is 0 Å². The number of hydrogen-bond donors (Lipinski definition) is 0. The summed E-state index contributed by atoms with van der Waals surface area (Å²) in [5.74, 6) is 1.74. The zero-order chi connectivity index (χ0) is 19.9. The Morgan fingerprint density at radius 3 is 1.44 bits per heavy atom. The molecular weight excluding hydrogens is 324 g/mol. The molecule has 0 atom stereocenters. The third-order valence-electron chi connectivity index (χ3n) is 6.12. The molecule has 0 heteroatoms. The summed E-state index contributed by atoms with van der Waals surface area (Å²) in [6.45, 7) is 11.6. The van der Waals surface area contributed by atoms with Crippen LogP contribution in [0.3, 0.4) is 0 Å². The Kier molecular flexibility index (Phi) is 13.6. The van der Waals surface area contributed by atoms with Crippen molar-refractivity contribution in [2.45, 2.75) is 131 Å². The number of rotatable bonds is 16. The second-order valence-electron chi connectivity index (χ2n) is 8.27. The normalized spacial score (nSPS) is 11.5. The van der Waals surface area contributed by atoms with Gasteiger partial charge in [0.2, 0.25) is 0 Å². The van der Waals surface area contributed by atoms with Gasteiger partial charge in [-0.3, -0.25) is 0 Å². The Hall–Kier alpha value is -0.780. The molecule has 0 heterocycles. The Morgan fingerprint density at radius 1 is 0.556 bits per heavy atom. The molecule has 0 amide bonds. The van der Waals surface area contributed by atoms with Crippen molar-refractivity contribution < 1.29 is 0 Å². The van der Waals surface area contributed by atoms with E-state index < -0.39 is 0 Å². The first-order valence-electron chi connectivity index (χ1n) is 12.2. The van der Waals surface area contributed by atoms with Crippen molar-refractivity contribution in [1.82, 2.24) is 0 Å². The SMILES string of the molecule is CCCCCCCC[C](CCCCCC)c1cc(CC)c(CC)c(CC)c1. The summed E-state index contributed by atoms with van der Waals surface area (Å²) >= 11 is 0. The van der Waals surface area contributed by atoms with Crippen LogP contribution in [0.15, 0.2) is 12.1 Å². The highest BCUT2D eigenvalue weighted by molar-refractivity contribution is 5.44. The smallest absolute Gasteiger partial charge is 0.00500 e. The van der Waals surface area contributed by atoms with E-state index in [1.807, 2.05) is 0 Å². The summed E-state index contributed by atoms with van der Waals surface area (Å²) in [6.07, 6.45) is 20.0. The van der Waals surface area contributed by atoms with E-state index in [1.165, 1.54) is 96.3 Å². The maximum atomic E-state index is 2.55. The van der Waals surface area contributed by atoms with Crippen LogP contribution < -0.4 is 0 Å². The third kappa shape index (κ3) is 8.84. The summed E-state index contributed by atoms with van der Waals surface area (Å²) in [5.41, 5.74) is 6.39. The minimum absolute atomic E-state index is 1.17. The van der Waals surface area contributed by atoms with E-state index in [4.69, 9.17) is 0 Å². The van der Waals surface area contributed by atoms with Crippen LogP contribution in [0.2, 0.25) is 0 Å². The van der Waals surface area contributed by atoms with Crippen LogP contribution in [0.5, 0.6) is 0 Å². The average Bonchev–Trinajstić information content (AvgIpc) is 2.70. The second kappa shape index (κ2) is 15.2. The number of benzene rings is 1. The van der Waals surface area contributed by atoms with Crippen molar-refractivity contribution >= 4 is 0 Å². The third-order valence-corrected chi connectivity index (χ3v) is 6.12. The minimum Gasteiger partial charge on any atom is -0.0654 e. The molecule has 0 N–H and O–H groups in total. The van der Waals surface area contributed by atoms with Crippen LogP contribution in [0.4, 0.5) is 0 Å². The van der Waals surface area contributed by atoms with Crippen LogP contribution >= 0.6 is 0 Å². The quantitative estimate of drug-likeness (QED) is 0.254. The molecule has 0 aromatic heterocycles. The fourth-order valence-electron chi connectivity index (χ4n) is 4.38. The maximum absolute atomic E-state index is 2.55. The molecule has 1 aromatic carbocycles. The summed E-state index contributed by atoms with van der Waals surface area (Å²) < 4.78 is 0. The largest absolute Gasteiger partial charge is 0.0654 e. The van der Waals surface area contributed by atoms with E-state index >= 15 is 0 Å². The first-order valence-corrected chi connectivity index (χ1v) is 12.2. The number of unbranched alkanes of at least 4 members (excludes halogenated alkanes) is 8. The molecule has 0 saturated heterocycles. The fourth-order valence-corrected chi connectivity index (χ4v) is 4.38. The molecule has 27 heavy (non-hydrogen) atoms. The van der Waals surface area contributed by atoms with Crippen LogP contribution in [-0.2, 0) is 19.3 Å². The molecule has 0 aliphatic rings. The lowest BCUT2D eigenvalue weighted by Crippen LogP contribution is -2.06. The summed E-state index contributed by atoms with van der Waals surface area (Å²) in [4.78, 5) is 0. The van der Waals surface area contributed by atoms with Gasteiger partial charge in [-0.15, -0.1) is 0 Å². The van der Waals surface area contributed by atoms with Gasteiger partial charge in [-0.2, -0.15) is 0 Å². The van der Waals surface area contributed by atoms with E-state index in [2.05, 4.69) is 46.8 Å². The highest BCUT2D eigenvalue weighted by Crippen LogP contribution is 2.31. The van der Waals surface area contributed by atoms with Gasteiger partial charge < -0.3 is 0 Å². The van der Waals surface area contributed by atoms with Crippen molar-refractivity contribution in [3.05, 3.63) is 40.3 Å². The molecule has 0 unspecified atom stereocenters. The molecule has 1 radical (unpaired) electrons. The van der Waals surface area contributed by atoms with Crippen LogP contribution in [0.1, 0.15) is 134 Å². The van der Waals surface area contributed by atoms with Gasteiger partial charge in [0.15, 0.2) is 0 Å². The maximum Gasteiger partial charge on any atom is 0.00500 e. The van der Waals surface area contributed by atoms with Crippen LogP contribution in [-0.4, -0.2) is 0 Å². The predicted octanol–water partition coefficient (Wildman–Crippen LogP) is 9.02. The molecule has 0 saturated carbocycles. The summed E-state index contributed by atoms with van der Waals surface area (Å²) in [5, 5.41) is 0. The summed E-state index contributed by atoms with van der Waals surface area (Å²) in [7, 11) is 0. The van der Waals surface area contributed by atoms with E-state index in [-0.39, 0.29) is 0 Å². The van der Waals surface area contributed by atoms with E-state index in [1.54, 1.807) is 28.2 Å². The fraction of sp³-hybridized carbons (Fsp3) is 0.741. The lowest BCUT2D eigenvalue weighted by Gasteiger charge is -2.21. The lowest BCUT2D eigenvalue weighted by molar-refractivity contribution is 0.572. The molecule has 155 valence electrons. The van der Waals surface area contributed by atoms with Crippen LogP contribution in [0, 0.1) is 5.92 Å². The highest BCUT2D eigenvalue weighted by atomic mass is 14.2. The van der Waals surface area contributed by atoms with Crippen molar-refractivity contribution in [2.75, 3.05) is 0 Å². The lowest BCUT2D eigenvalue weighted by atomic mass is 9.83. The number of aryl methyl sites for hydroxylation is 2. The van der Waals surface area contributed by atoms with Gasteiger partial charge in [-0.05, 0) is 54.4 Å². The molecule has 0 nitrogen and oxygen atoms in total. The monoisotopic (exact) mass is 371 g/mol. The zero-order valence-corrected chi connectivity index (χ0v) is 19.3. The summed E-state index contributed by atoms with van der Waals surface area (Å²) in [6, 6.07) is 5.09. The molecule has 1 rings (SSSR count). The molecule has 0 aliphatic heterocycles. The Morgan fingerprint density at radius 2 is 1.00 bits per heavy atom. The Balaban J connectivity index is 2.83. The first kappa shape index (κ1) is 24.3. The molecule has 1 aromatic rings. The van der Waals surface area contributed by atoms with Crippen molar-refractivity contribution in [3.63, 3.8) is 0 Å². The van der Waals surface area contributed by atoms with Gasteiger partial charge in [0.05, 0.1) is 0 Å². The van der Waals surface area contributed by atoms with Gasteiger partial charge >= 0.3 is 0 Å². The van der Waals surface area contributed by atoms with Gasteiger partial charge in [0.1, 0.15) is 0 Å². The average molecular weight is 372 g/mol. The van der Waals surface area contributed by atoms with E-state index in [9.17, 15) is 0 Å². The minimum atomic E-state index is 1.17. The zero-order valence-electron chi connectivity index (χ0n) is 19.3. The first-order chi connectivity index (χ1) is 13.2. The molecule has 0 spiro atoms. The van der Waals surface area contributed by atoms with E-state index in [0.29, 0.717) is 0 Å². The highest BCUT2D eigenvalue weighted by Gasteiger charge is 2.16. The Labute approximate surface area is 171 Å². The van der Waals surface area contributed by atoms with Gasteiger partial charge in [0, 0.05) is 5.92 Å². The standard InChI is InChI=1S/C27H47/c1-6-11-13-15-16-18-20-25(19-17-14-12-7-2)26-21-23(8-3)27(10-5)24(9-4)22-26/h21-22H,6-20H2,1-5H3. The molecule has 0 fully saturated rings.